The fourth-order valence-corrected chi connectivity index (χ4v) is 9.61. The molecule has 0 fully saturated rings. The molecule has 11 aromatic rings. The minimum atomic E-state index is 0.903. The van der Waals surface area contributed by atoms with Gasteiger partial charge in [-0.05, 0) is 99.1 Å². The monoisotopic (exact) mass is 745 g/mol. The fourth-order valence-electron chi connectivity index (χ4n) is 8.27. The van der Waals surface area contributed by atoms with E-state index in [1.54, 1.807) is 0 Å². The number of thiophene rings is 1. The van der Waals surface area contributed by atoms with Crippen molar-refractivity contribution in [1.82, 2.24) is 0 Å². The van der Waals surface area contributed by atoms with Crippen molar-refractivity contribution in [3.05, 3.63) is 212 Å². The smallest absolute Gasteiger partial charge is 0.136 e. The zero-order chi connectivity index (χ0) is 37.7. The highest BCUT2D eigenvalue weighted by atomic mass is 32.1. The average molecular weight is 746 g/mol. The number of fused-ring (bicyclic) bond motifs is 6. The molecule has 0 saturated carbocycles. The molecule has 57 heavy (non-hydrogen) atoms. The summed E-state index contributed by atoms with van der Waals surface area (Å²) >= 11 is 1.88. The third-order valence-electron chi connectivity index (χ3n) is 11.1. The highest BCUT2D eigenvalue weighted by Crippen LogP contribution is 2.47. The molecule has 0 saturated heterocycles. The molecule has 0 unspecified atom stereocenters. The van der Waals surface area contributed by atoms with Gasteiger partial charge in [0.15, 0.2) is 0 Å². The molecular formula is C54H35NOS. The van der Waals surface area contributed by atoms with Gasteiger partial charge in [-0.25, -0.2) is 0 Å². The predicted octanol–water partition coefficient (Wildman–Crippen LogP) is 16.1. The number of hydrogen-bond acceptors (Lipinski definition) is 3. The number of para-hydroxylation sites is 1. The lowest BCUT2D eigenvalue weighted by Gasteiger charge is -2.26. The average Bonchev–Trinajstić information content (AvgIpc) is 3.86. The maximum Gasteiger partial charge on any atom is 0.136 e. The Morgan fingerprint density at radius 2 is 0.807 bits per heavy atom. The van der Waals surface area contributed by atoms with Crippen LogP contribution in [0.4, 0.5) is 17.1 Å². The fraction of sp³-hybridized carbons (Fsp3) is 0. The molecule has 0 atom stereocenters. The van der Waals surface area contributed by atoms with E-state index in [1.165, 1.54) is 53.6 Å². The zero-order valence-corrected chi connectivity index (χ0v) is 31.8. The summed E-state index contributed by atoms with van der Waals surface area (Å²) in [6.45, 7) is 0. The number of nitrogens with zero attached hydrogens (tertiary/aromatic N) is 1. The SMILES string of the molecule is c1ccc(-c2cccc(-c3ccc(N(c4ccc(-c5ccc6c(c5)oc5ccccc56)cc4)c4cccc5c4sc4c(-c6ccccc6)cccc45)cc3)c2)cc1. The van der Waals surface area contributed by atoms with Crippen molar-refractivity contribution in [3.8, 4) is 44.5 Å². The topological polar surface area (TPSA) is 16.4 Å². The van der Waals surface area contributed by atoms with E-state index >= 15 is 0 Å². The van der Waals surface area contributed by atoms with Crippen LogP contribution in [0.1, 0.15) is 0 Å². The third-order valence-corrected chi connectivity index (χ3v) is 12.4. The van der Waals surface area contributed by atoms with Crippen molar-refractivity contribution in [2.45, 2.75) is 0 Å². The molecule has 0 aliphatic rings. The van der Waals surface area contributed by atoms with E-state index in [0.29, 0.717) is 0 Å². The summed E-state index contributed by atoms with van der Waals surface area (Å²) in [4.78, 5) is 2.41. The Morgan fingerprint density at radius 1 is 0.316 bits per heavy atom. The van der Waals surface area contributed by atoms with Crippen LogP contribution in [0.3, 0.4) is 0 Å². The van der Waals surface area contributed by atoms with Crippen LogP contribution in [-0.4, -0.2) is 0 Å². The van der Waals surface area contributed by atoms with Gasteiger partial charge in [0.25, 0.3) is 0 Å². The summed E-state index contributed by atoms with van der Waals surface area (Å²) in [5, 5.41) is 4.83. The molecular weight excluding hydrogens is 711 g/mol. The molecule has 0 aliphatic carbocycles. The molecule has 2 heterocycles. The second-order valence-corrected chi connectivity index (χ2v) is 15.5. The van der Waals surface area contributed by atoms with Gasteiger partial charge in [-0.2, -0.15) is 0 Å². The number of anilines is 3. The van der Waals surface area contributed by atoms with E-state index in [-0.39, 0.29) is 0 Å². The molecule has 3 heteroatoms. The van der Waals surface area contributed by atoms with Gasteiger partial charge in [-0.15, -0.1) is 11.3 Å². The summed E-state index contributed by atoms with van der Waals surface area (Å²) in [6.07, 6.45) is 0. The van der Waals surface area contributed by atoms with E-state index in [1.807, 2.05) is 23.5 Å². The molecule has 0 radical (unpaired) electrons. The van der Waals surface area contributed by atoms with Crippen molar-refractivity contribution in [1.29, 1.82) is 0 Å². The standard InChI is InChI=1S/C54H35NOS/c1-3-12-36(13-4-1)40-16-9-17-41(34-40)37-24-29-43(30-25-37)55(44-31-26-38(27-32-44)42-28-33-47-46-18-7-8-23-51(46)56-52(47)35-42)50-22-11-21-49-48-20-10-19-45(53(48)57-54(49)50)39-14-5-2-6-15-39/h1-35H. The molecule has 0 bridgehead atoms. The Bertz CT molecular complexity index is 3210. The van der Waals surface area contributed by atoms with Crippen LogP contribution < -0.4 is 4.90 Å². The molecule has 11 rings (SSSR count). The van der Waals surface area contributed by atoms with Gasteiger partial charge in [-0.3, -0.25) is 0 Å². The summed E-state index contributed by atoms with van der Waals surface area (Å²) in [6, 6.07) is 76.3. The molecule has 0 amide bonds. The Kier molecular flexibility index (Phi) is 8.04. The second-order valence-electron chi connectivity index (χ2n) is 14.5. The third kappa shape index (κ3) is 5.88. The lowest BCUT2D eigenvalue weighted by Crippen LogP contribution is -2.10. The van der Waals surface area contributed by atoms with Gasteiger partial charge in [0.1, 0.15) is 11.2 Å². The molecule has 268 valence electrons. The first-order valence-electron chi connectivity index (χ1n) is 19.3. The van der Waals surface area contributed by atoms with Crippen molar-refractivity contribution in [3.63, 3.8) is 0 Å². The minimum Gasteiger partial charge on any atom is -0.456 e. The predicted molar refractivity (Wildman–Crippen MR) is 243 cm³/mol. The Labute approximate surface area is 335 Å². The maximum atomic E-state index is 6.26. The summed E-state index contributed by atoms with van der Waals surface area (Å²) in [5.74, 6) is 0. The largest absolute Gasteiger partial charge is 0.456 e. The summed E-state index contributed by atoms with van der Waals surface area (Å²) in [5.41, 5.74) is 14.7. The Hall–Kier alpha value is -7.20. The Balaban J connectivity index is 1.03. The Morgan fingerprint density at radius 3 is 1.51 bits per heavy atom. The van der Waals surface area contributed by atoms with Gasteiger partial charge >= 0.3 is 0 Å². The molecule has 9 aromatic carbocycles. The number of furan rings is 1. The minimum absolute atomic E-state index is 0.903. The van der Waals surface area contributed by atoms with Crippen molar-refractivity contribution < 1.29 is 4.42 Å². The van der Waals surface area contributed by atoms with Crippen molar-refractivity contribution >= 4 is 70.5 Å². The van der Waals surface area contributed by atoms with Crippen LogP contribution in [0.25, 0.3) is 86.6 Å². The van der Waals surface area contributed by atoms with Crippen LogP contribution >= 0.6 is 11.3 Å². The lowest BCUT2D eigenvalue weighted by molar-refractivity contribution is 0.669. The normalized spacial score (nSPS) is 11.5. The highest BCUT2D eigenvalue weighted by molar-refractivity contribution is 7.27. The van der Waals surface area contributed by atoms with Crippen LogP contribution in [-0.2, 0) is 0 Å². The van der Waals surface area contributed by atoms with Crippen molar-refractivity contribution in [2.75, 3.05) is 4.90 Å². The van der Waals surface area contributed by atoms with Gasteiger partial charge in [0.2, 0.25) is 0 Å². The first-order chi connectivity index (χ1) is 28.2. The first-order valence-corrected chi connectivity index (χ1v) is 20.1. The number of benzene rings is 9. The van der Waals surface area contributed by atoms with E-state index in [0.717, 1.165) is 50.1 Å². The molecule has 2 nitrogen and oxygen atoms in total. The van der Waals surface area contributed by atoms with Crippen molar-refractivity contribution in [2.24, 2.45) is 0 Å². The van der Waals surface area contributed by atoms with E-state index in [9.17, 15) is 0 Å². The molecule has 0 N–H and O–H groups in total. The second kappa shape index (κ2) is 13.8. The van der Waals surface area contributed by atoms with Crippen LogP contribution in [0.2, 0.25) is 0 Å². The van der Waals surface area contributed by atoms with Gasteiger partial charge in [0, 0.05) is 37.6 Å². The first kappa shape index (κ1) is 33.2. The molecule has 2 aromatic heterocycles. The van der Waals surface area contributed by atoms with Crippen LogP contribution in [0, 0.1) is 0 Å². The highest BCUT2D eigenvalue weighted by Gasteiger charge is 2.20. The molecule has 0 spiro atoms. The number of rotatable bonds is 7. The zero-order valence-electron chi connectivity index (χ0n) is 31.0. The lowest BCUT2D eigenvalue weighted by atomic mass is 9.98. The van der Waals surface area contributed by atoms with E-state index in [2.05, 4.69) is 205 Å². The van der Waals surface area contributed by atoms with Crippen LogP contribution in [0.5, 0.6) is 0 Å². The van der Waals surface area contributed by atoms with Gasteiger partial charge in [-0.1, -0.05) is 158 Å². The quantitative estimate of drug-likeness (QED) is 0.162. The maximum absolute atomic E-state index is 6.26. The number of hydrogen-bond donors (Lipinski definition) is 0. The van der Waals surface area contributed by atoms with Gasteiger partial charge in [0.05, 0.1) is 10.4 Å². The van der Waals surface area contributed by atoms with Crippen LogP contribution in [0.15, 0.2) is 217 Å². The summed E-state index contributed by atoms with van der Waals surface area (Å²) in [7, 11) is 0. The van der Waals surface area contributed by atoms with E-state index < -0.39 is 0 Å². The van der Waals surface area contributed by atoms with Gasteiger partial charge < -0.3 is 9.32 Å². The molecule has 0 aliphatic heterocycles. The van der Waals surface area contributed by atoms with E-state index in [4.69, 9.17) is 4.42 Å². The summed E-state index contributed by atoms with van der Waals surface area (Å²) < 4.78 is 8.82.